The number of nitrogens with zero attached hydrogens (tertiary/aromatic N) is 2. The highest BCUT2D eigenvalue weighted by molar-refractivity contribution is 14.1. The normalized spacial score (nSPS) is 10.4. The predicted octanol–water partition coefficient (Wildman–Crippen LogP) is 2.95. The van der Waals surface area contributed by atoms with Crippen molar-refractivity contribution in [1.29, 1.82) is 0 Å². The largest absolute Gasteiger partial charge is 0.496 e. The third kappa shape index (κ3) is 3.24. The minimum atomic E-state index is -0.152. The standard InChI is InChI=1S/C13H13ClIN3O2/c1-18(7-8-5-16-17-6-8)13(19)9-3-10(14)11(15)4-12(9)20-2/h3-6H,7H2,1-2H3,(H,16,17). The lowest BCUT2D eigenvalue weighted by atomic mass is 10.1. The van der Waals surface area contributed by atoms with Crippen LogP contribution in [-0.4, -0.2) is 35.2 Å². The summed E-state index contributed by atoms with van der Waals surface area (Å²) in [5.74, 6) is 0.365. The molecule has 1 aromatic heterocycles. The van der Waals surface area contributed by atoms with Gasteiger partial charge in [-0.1, -0.05) is 11.6 Å². The van der Waals surface area contributed by atoms with E-state index in [4.69, 9.17) is 16.3 Å². The molecule has 0 saturated heterocycles. The first-order valence-corrected chi connectivity index (χ1v) is 7.24. The van der Waals surface area contributed by atoms with Gasteiger partial charge in [0.2, 0.25) is 0 Å². The molecule has 106 valence electrons. The lowest BCUT2D eigenvalue weighted by Crippen LogP contribution is -2.26. The van der Waals surface area contributed by atoms with Gasteiger partial charge in [0.15, 0.2) is 0 Å². The molecule has 20 heavy (non-hydrogen) atoms. The lowest BCUT2D eigenvalue weighted by Gasteiger charge is -2.18. The number of halogens is 2. The first-order chi connectivity index (χ1) is 9.52. The molecule has 0 bridgehead atoms. The van der Waals surface area contributed by atoms with E-state index in [0.29, 0.717) is 22.9 Å². The monoisotopic (exact) mass is 405 g/mol. The molecule has 7 heteroatoms. The van der Waals surface area contributed by atoms with Gasteiger partial charge in [-0.3, -0.25) is 9.89 Å². The van der Waals surface area contributed by atoms with Gasteiger partial charge in [-0.15, -0.1) is 0 Å². The van der Waals surface area contributed by atoms with E-state index in [1.165, 1.54) is 7.11 Å². The molecule has 0 aliphatic carbocycles. The molecule has 1 amide bonds. The zero-order valence-electron chi connectivity index (χ0n) is 11.0. The van der Waals surface area contributed by atoms with Crippen molar-refractivity contribution in [3.05, 3.63) is 44.2 Å². The highest BCUT2D eigenvalue weighted by atomic mass is 127. The second-order valence-corrected chi connectivity index (χ2v) is 5.80. The molecule has 0 atom stereocenters. The summed E-state index contributed by atoms with van der Waals surface area (Å²) >= 11 is 8.18. The van der Waals surface area contributed by atoms with Crippen LogP contribution in [0.3, 0.4) is 0 Å². The fraction of sp³-hybridized carbons (Fsp3) is 0.231. The minimum Gasteiger partial charge on any atom is -0.496 e. The fourth-order valence-electron chi connectivity index (χ4n) is 1.78. The van der Waals surface area contributed by atoms with E-state index in [1.54, 1.807) is 36.5 Å². The summed E-state index contributed by atoms with van der Waals surface area (Å²) < 4.78 is 6.10. The summed E-state index contributed by atoms with van der Waals surface area (Å²) in [6.07, 6.45) is 3.43. The maximum Gasteiger partial charge on any atom is 0.257 e. The molecule has 0 fully saturated rings. The van der Waals surface area contributed by atoms with Crippen molar-refractivity contribution >= 4 is 40.1 Å². The van der Waals surface area contributed by atoms with Gasteiger partial charge in [0, 0.05) is 28.9 Å². The first kappa shape index (κ1) is 15.1. The zero-order valence-corrected chi connectivity index (χ0v) is 13.9. The minimum absolute atomic E-state index is 0.152. The quantitative estimate of drug-likeness (QED) is 0.796. The van der Waals surface area contributed by atoms with E-state index < -0.39 is 0 Å². The Bertz CT molecular complexity index is 616. The predicted molar refractivity (Wildman–Crippen MR) is 85.1 cm³/mol. The third-order valence-electron chi connectivity index (χ3n) is 2.79. The SMILES string of the molecule is COc1cc(I)c(Cl)cc1C(=O)N(C)Cc1cn[nH]c1. The number of methoxy groups -OCH3 is 1. The number of carbonyl (C=O) groups excluding carboxylic acids is 1. The molecule has 1 aromatic carbocycles. The molecular weight excluding hydrogens is 393 g/mol. The van der Waals surface area contributed by atoms with Crippen LogP contribution in [-0.2, 0) is 6.54 Å². The average molecular weight is 406 g/mol. The van der Waals surface area contributed by atoms with Gasteiger partial charge < -0.3 is 9.64 Å². The van der Waals surface area contributed by atoms with Crippen LogP contribution in [0, 0.1) is 3.57 Å². The van der Waals surface area contributed by atoms with Crippen molar-refractivity contribution in [1.82, 2.24) is 15.1 Å². The Balaban J connectivity index is 2.26. The number of H-pyrrole nitrogens is 1. The number of hydrogen-bond donors (Lipinski definition) is 1. The van der Waals surface area contributed by atoms with Crippen molar-refractivity contribution in [2.75, 3.05) is 14.2 Å². The van der Waals surface area contributed by atoms with Crippen LogP contribution in [0.1, 0.15) is 15.9 Å². The summed E-state index contributed by atoms with van der Waals surface area (Å²) in [5, 5.41) is 7.11. The molecular formula is C13H13ClIN3O2. The molecule has 1 heterocycles. The van der Waals surface area contributed by atoms with Crippen LogP contribution < -0.4 is 4.74 Å². The smallest absolute Gasteiger partial charge is 0.257 e. The van der Waals surface area contributed by atoms with Crippen LogP contribution >= 0.6 is 34.2 Å². The topological polar surface area (TPSA) is 58.2 Å². The van der Waals surface area contributed by atoms with Gasteiger partial charge in [-0.2, -0.15) is 5.10 Å². The Morgan fingerprint density at radius 3 is 2.90 bits per heavy atom. The first-order valence-electron chi connectivity index (χ1n) is 5.79. The molecule has 2 aromatic rings. The van der Waals surface area contributed by atoms with E-state index in [2.05, 4.69) is 32.8 Å². The number of benzene rings is 1. The summed E-state index contributed by atoms with van der Waals surface area (Å²) in [6, 6.07) is 3.39. The second kappa shape index (κ2) is 6.45. The molecule has 0 aliphatic rings. The van der Waals surface area contributed by atoms with Crippen molar-refractivity contribution in [3.8, 4) is 5.75 Å². The number of amides is 1. The Kier molecular flexibility index (Phi) is 4.87. The number of aromatic nitrogens is 2. The molecule has 2 rings (SSSR count). The van der Waals surface area contributed by atoms with Crippen LogP contribution in [0.5, 0.6) is 5.75 Å². The zero-order chi connectivity index (χ0) is 14.7. The van der Waals surface area contributed by atoms with E-state index in [0.717, 1.165) is 9.13 Å². The highest BCUT2D eigenvalue weighted by Gasteiger charge is 2.19. The summed E-state index contributed by atoms with van der Waals surface area (Å²) in [7, 11) is 3.26. The summed E-state index contributed by atoms with van der Waals surface area (Å²) in [5.41, 5.74) is 1.38. The van der Waals surface area contributed by atoms with Gasteiger partial charge in [0.05, 0.1) is 23.9 Å². The number of carbonyl (C=O) groups is 1. The van der Waals surface area contributed by atoms with Crippen molar-refractivity contribution in [2.24, 2.45) is 0 Å². The van der Waals surface area contributed by atoms with E-state index in [1.807, 2.05) is 0 Å². The van der Waals surface area contributed by atoms with Crippen LogP contribution in [0.4, 0.5) is 0 Å². The fourth-order valence-corrected chi connectivity index (χ4v) is 2.38. The van der Waals surface area contributed by atoms with Crippen LogP contribution in [0.25, 0.3) is 0 Å². The number of ether oxygens (including phenoxy) is 1. The molecule has 0 aliphatic heterocycles. The average Bonchev–Trinajstić information content (AvgIpc) is 2.93. The lowest BCUT2D eigenvalue weighted by molar-refractivity contribution is 0.0781. The molecule has 0 unspecified atom stereocenters. The molecule has 5 nitrogen and oxygen atoms in total. The maximum absolute atomic E-state index is 12.5. The second-order valence-electron chi connectivity index (χ2n) is 4.23. The molecule has 0 saturated carbocycles. The van der Waals surface area contributed by atoms with Crippen molar-refractivity contribution in [3.63, 3.8) is 0 Å². The number of hydrogen-bond acceptors (Lipinski definition) is 3. The van der Waals surface area contributed by atoms with E-state index in [-0.39, 0.29) is 5.91 Å². The van der Waals surface area contributed by atoms with Gasteiger partial charge >= 0.3 is 0 Å². The Hall–Kier alpha value is -1.28. The molecule has 0 spiro atoms. The Labute approximate surface area is 135 Å². The summed E-state index contributed by atoms with van der Waals surface area (Å²) in [4.78, 5) is 14.1. The van der Waals surface area contributed by atoms with Gasteiger partial charge in [-0.25, -0.2) is 0 Å². The van der Waals surface area contributed by atoms with Gasteiger partial charge in [-0.05, 0) is 34.7 Å². The number of nitrogens with one attached hydrogen (secondary N) is 1. The number of aromatic amines is 1. The Morgan fingerprint density at radius 2 is 2.30 bits per heavy atom. The van der Waals surface area contributed by atoms with E-state index >= 15 is 0 Å². The van der Waals surface area contributed by atoms with Gasteiger partial charge in [0.1, 0.15) is 5.75 Å². The van der Waals surface area contributed by atoms with Crippen molar-refractivity contribution in [2.45, 2.75) is 6.54 Å². The molecule has 1 N–H and O–H groups in total. The third-order valence-corrected chi connectivity index (χ3v) is 4.32. The highest BCUT2D eigenvalue weighted by Crippen LogP contribution is 2.29. The molecule has 0 radical (unpaired) electrons. The summed E-state index contributed by atoms with van der Waals surface area (Å²) in [6.45, 7) is 0.460. The maximum atomic E-state index is 12.5. The van der Waals surface area contributed by atoms with Crippen molar-refractivity contribution < 1.29 is 9.53 Å². The Morgan fingerprint density at radius 1 is 1.55 bits per heavy atom. The van der Waals surface area contributed by atoms with Crippen LogP contribution in [0.15, 0.2) is 24.5 Å². The van der Waals surface area contributed by atoms with E-state index in [9.17, 15) is 4.79 Å². The van der Waals surface area contributed by atoms with Gasteiger partial charge in [0.25, 0.3) is 5.91 Å². The number of rotatable bonds is 4. The van der Waals surface area contributed by atoms with Crippen LogP contribution in [0.2, 0.25) is 5.02 Å².